The molecule has 2 rings (SSSR count). The molecule has 0 unspecified atom stereocenters. The third-order valence-corrected chi connectivity index (χ3v) is 3.87. The minimum Gasteiger partial charge on any atom is -0.309 e. The lowest BCUT2D eigenvalue weighted by Gasteiger charge is -2.09. The van der Waals surface area contributed by atoms with Gasteiger partial charge < -0.3 is 4.57 Å². The lowest BCUT2D eigenvalue weighted by atomic mass is 10.1. The van der Waals surface area contributed by atoms with Crippen molar-refractivity contribution in [2.24, 2.45) is 0 Å². The lowest BCUT2D eigenvalue weighted by molar-refractivity contribution is 0.551. The normalized spacial score (nSPS) is 10.8. The van der Waals surface area contributed by atoms with E-state index in [9.17, 15) is 9.59 Å². The Morgan fingerprint density at radius 3 is 2.23 bits per heavy atom. The SMILES string of the molecule is CCCCCCCn1ccn(-c2ccc(C)cc2)c(=O)c1=O. The maximum atomic E-state index is 12.2. The fraction of sp³-hybridized carbons (Fsp3) is 0.444. The first kappa shape index (κ1) is 16.3. The van der Waals surface area contributed by atoms with E-state index in [0.717, 1.165) is 24.1 Å². The van der Waals surface area contributed by atoms with Crippen LogP contribution in [0.4, 0.5) is 0 Å². The molecule has 0 radical (unpaired) electrons. The molecule has 0 spiro atoms. The number of aryl methyl sites for hydroxylation is 2. The molecule has 0 saturated carbocycles. The van der Waals surface area contributed by atoms with Gasteiger partial charge in [-0.1, -0.05) is 50.3 Å². The van der Waals surface area contributed by atoms with Crippen molar-refractivity contribution < 1.29 is 0 Å². The van der Waals surface area contributed by atoms with Crippen LogP contribution in [0.2, 0.25) is 0 Å². The zero-order valence-electron chi connectivity index (χ0n) is 13.4. The minimum atomic E-state index is -0.486. The highest BCUT2D eigenvalue weighted by molar-refractivity contribution is 5.34. The van der Waals surface area contributed by atoms with Crippen LogP contribution in [0, 0.1) is 6.92 Å². The summed E-state index contributed by atoms with van der Waals surface area (Å²) in [6.07, 6.45) is 9.04. The van der Waals surface area contributed by atoms with Gasteiger partial charge in [0.1, 0.15) is 0 Å². The molecule has 4 nitrogen and oxygen atoms in total. The number of benzene rings is 1. The van der Waals surface area contributed by atoms with Gasteiger partial charge in [0, 0.05) is 24.6 Å². The van der Waals surface area contributed by atoms with Gasteiger partial charge in [-0.25, -0.2) is 0 Å². The minimum absolute atomic E-state index is 0.446. The first-order valence-corrected chi connectivity index (χ1v) is 8.02. The maximum absolute atomic E-state index is 12.2. The average molecular weight is 300 g/mol. The van der Waals surface area contributed by atoms with E-state index in [4.69, 9.17) is 0 Å². The van der Waals surface area contributed by atoms with E-state index in [2.05, 4.69) is 6.92 Å². The molecule has 1 aromatic heterocycles. The average Bonchev–Trinajstić information content (AvgIpc) is 2.52. The number of unbranched alkanes of at least 4 members (excludes halogenated alkanes) is 4. The zero-order chi connectivity index (χ0) is 15.9. The molecule has 0 aliphatic heterocycles. The number of hydrogen-bond acceptors (Lipinski definition) is 2. The Kier molecular flexibility index (Phi) is 5.75. The van der Waals surface area contributed by atoms with Crippen molar-refractivity contribution in [2.75, 3.05) is 0 Å². The van der Waals surface area contributed by atoms with Crippen LogP contribution in [0.3, 0.4) is 0 Å². The van der Waals surface area contributed by atoms with Gasteiger partial charge in [-0.15, -0.1) is 0 Å². The van der Waals surface area contributed by atoms with E-state index in [0.29, 0.717) is 6.54 Å². The lowest BCUT2D eigenvalue weighted by Crippen LogP contribution is -2.39. The van der Waals surface area contributed by atoms with Crippen LogP contribution in [0.1, 0.15) is 44.6 Å². The second kappa shape index (κ2) is 7.78. The Morgan fingerprint density at radius 2 is 1.55 bits per heavy atom. The predicted octanol–water partition coefficient (Wildman–Crippen LogP) is 3.28. The highest BCUT2D eigenvalue weighted by Crippen LogP contribution is 2.06. The Balaban J connectivity index is 2.14. The Labute approximate surface area is 131 Å². The number of aromatic nitrogens is 2. The molecule has 0 aliphatic rings. The number of nitrogens with zero attached hydrogens (tertiary/aromatic N) is 2. The van der Waals surface area contributed by atoms with Crippen molar-refractivity contribution in [3.63, 3.8) is 0 Å². The molecule has 4 heteroatoms. The topological polar surface area (TPSA) is 44.0 Å². The van der Waals surface area contributed by atoms with Crippen molar-refractivity contribution in [2.45, 2.75) is 52.5 Å². The summed E-state index contributed by atoms with van der Waals surface area (Å²) in [5.74, 6) is 0. The number of rotatable bonds is 7. The number of hydrogen-bond donors (Lipinski definition) is 0. The molecule has 1 aromatic carbocycles. The molecule has 0 bridgehead atoms. The van der Waals surface area contributed by atoms with E-state index in [1.54, 1.807) is 12.4 Å². The van der Waals surface area contributed by atoms with Gasteiger partial charge in [-0.05, 0) is 25.5 Å². The van der Waals surface area contributed by atoms with Crippen molar-refractivity contribution >= 4 is 0 Å². The van der Waals surface area contributed by atoms with Crippen molar-refractivity contribution in [1.82, 2.24) is 9.13 Å². The second-order valence-electron chi connectivity index (χ2n) is 5.72. The molecule has 1 heterocycles. The van der Waals surface area contributed by atoms with Crippen LogP contribution in [0.5, 0.6) is 0 Å². The molecule has 2 aromatic rings. The van der Waals surface area contributed by atoms with E-state index in [1.165, 1.54) is 28.4 Å². The van der Waals surface area contributed by atoms with Gasteiger partial charge in [0.2, 0.25) is 0 Å². The highest BCUT2D eigenvalue weighted by Gasteiger charge is 2.06. The van der Waals surface area contributed by atoms with Crippen LogP contribution in [0.25, 0.3) is 5.69 Å². The largest absolute Gasteiger partial charge is 0.320 e. The van der Waals surface area contributed by atoms with Crippen LogP contribution in [0.15, 0.2) is 46.2 Å². The van der Waals surface area contributed by atoms with Crippen molar-refractivity contribution in [3.8, 4) is 5.69 Å². The monoisotopic (exact) mass is 300 g/mol. The third-order valence-electron chi connectivity index (χ3n) is 3.87. The zero-order valence-corrected chi connectivity index (χ0v) is 13.4. The van der Waals surface area contributed by atoms with Gasteiger partial charge in [-0.2, -0.15) is 0 Å². The van der Waals surface area contributed by atoms with E-state index < -0.39 is 11.1 Å². The summed E-state index contributed by atoms with van der Waals surface area (Å²) in [6.45, 7) is 4.78. The molecular formula is C18H24N2O2. The Morgan fingerprint density at radius 1 is 0.864 bits per heavy atom. The molecule has 0 aliphatic carbocycles. The Bertz CT molecular complexity index is 711. The first-order valence-electron chi connectivity index (χ1n) is 8.02. The Hall–Kier alpha value is -2.10. The van der Waals surface area contributed by atoms with Crippen molar-refractivity contribution in [3.05, 3.63) is 62.9 Å². The fourth-order valence-electron chi connectivity index (χ4n) is 2.48. The maximum Gasteiger partial charge on any atom is 0.320 e. The van der Waals surface area contributed by atoms with Gasteiger partial charge in [-0.3, -0.25) is 14.2 Å². The van der Waals surface area contributed by atoms with Crippen LogP contribution in [-0.2, 0) is 6.54 Å². The van der Waals surface area contributed by atoms with Crippen molar-refractivity contribution in [1.29, 1.82) is 0 Å². The van der Waals surface area contributed by atoms with E-state index in [-0.39, 0.29) is 0 Å². The van der Waals surface area contributed by atoms with E-state index >= 15 is 0 Å². The van der Waals surface area contributed by atoms with Crippen LogP contribution in [-0.4, -0.2) is 9.13 Å². The summed E-state index contributed by atoms with van der Waals surface area (Å²) in [6, 6.07) is 7.57. The molecule has 118 valence electrons. The van der Waals surface area contributed by atoms with Gasteiger partial charge in [0.25, 0.3) is 0 Å². The summed E-state index contributed by atoms with van der Waals surface area (Å²) in [5, 5.41) is 0. The first-order chi connectivity index (χ1) is 10.6. The molecule has 0 N–H and O–H groups in total. The molecule has 0 fully saturated rings. The summed E-state index contributed by atoms with van der Waals surface area (Å²) >= 11 is 0. The van der Waals surface area contributed by atoms with Gasteiger partial charge in [0.15, 0.2) is 0 Å². The van der Waals surface area contributed by atoms with Crippen LogP contribution < -0.4 is 11.1 Å². The van der Waals surface area contributed by atoms with E-state index in [1.807, 2.05) is 31.2 Å². The molecule has 0 atom stereocenters. The molecular weight excluding hydrogens is 276 g/mol. The second-order valence-corrected chi connectivity index (χ2v) is 5.72. The smallest absolute Gasteiger partial charge is 0.309 e. The molecule has 0 amide bonds. The van der Waals surface area contributed by atoms with Gasteiger partial charge in [0.05, 0.1) is 0 Å². The predicted molar refractivity (Wildman–Crippen MR) is 89.8 cm³/mol. The van der Waals surface area contributed by atoms with Gasteiger partial charge >= 0.3 is 11.1 Å². The standard InChI is InChI=1S/C18H24N2O2/c1-3-4-5-6-7-12-19-13-14-20(18(22)17(19)21)16-10-8-15(2)9-11-16/h8-11,13-14H,3-7,12H2,1-2H3. The summed E-state index contributed by atoms with van der Waals surface area (Å²) < 4.78 is 2.94. The van der Waals surface area contributed by atoms with Crippen LogP contribution >= 0.6 is 0 Å². The summed E-state index contributed by atoms with van der Waals surface area (Å²) in [7, 11) is 0. The molecule has 22 heavy (non-hydrogen) atoms. The summed E-state index contributed by atoms with van der Waals surface area (Å²) in [4.78, 5) is 24.4. The quantitative estimate of drug-likeness (QED) is 0.582. The fourth-order valence-corrected chi connectivity index (χ4v) is 2.48. The highest BCUT2D eigenvalue weighted by atomic mass is 16.2. The summed E-state index contributed by atoms with van der Waals surface area (Å²) in [5.41, 5.74) is 0.915. The molecule has 0 saturated heterocycles. The third kappa shape index (κ3) is 3.97.